The summed E-state index contributed by atoms with van der Waals surface area (Å²) in [5.41, 5.74) is 0. The summed E-state index contributed by atoms with van der Waals surface area (Å²) in [6.45, 7) is 4.02. The lowest BCUT2D eigenvalue weighted by molar-refractivity contribution is -0.161. The van der Waals surface area contributed by atoms with Crippen molar-refractivity contribution in [3.05, 3.63) is 72.9 Å². The second kappa shape index (κ2) is 58.7. The van der Waals surface area contributed by atoms with Crippen molar-refractivity contribution >= 4 is 11.9 Å². The van der Waals surface area contributed by atoms with E-state index in [0.717, 1.165) is 77.0 Å². The number of aliphatic hydroxyl groups excluding tert-OH is 1. The van der Waals surface area contributed by atoms with Crippen molar-refractivity contribution in [3.8, 4) is 0 Å². The van der Waals surface area contributed by atoms with Gasteiger partial charge in [-0.05, 0) is 83.5 Å². The van der Waals surface area contributed by atoms with Crippen LogP contribution < -0.4 is 0 Å². The average Bonchev–Trinajstić information content (AvgIpc) is 3.34. The Labute approximate surface area is 423 Å². The quantitative estimate of drug-likeness (QED) is 0.0374. The van der Waals surface area contributed by atoms with E-state index in [4.69, 9.17) is 9.47 Å². The Morgan fingerprint density at radius 2 is 0.632 bits per heavy atom. The number of carbonyl (C=O) groups is 2. The first-order valence-corrected chi connectivity index (χ1v) is 29.5. The van der Waals surface area contributed by atoms with Crippen molar-refractivity contribution in [3.63, 3.8) is 0 Å². The van der Waals surface area contributed by atoms with Gasteiger partial charge >= 0.3 is 11.9 Å². The fourth-order valence-electron chi connectivity index (χ4n) is 8.58. The van der Waals surface area contributed by atoms with E-state index in [1.807, 2.05) is 0 Å². The fraction of sp³-hybridized carbons (Fsp3) is 0.778. The highest BCUT2D eigenvalue weighted by atomic mass is 16.6. The van der Waals surface area contributed by atoms with Crippen molar-refractivity contribution < 1.29 is 24.2 Å². The van der Waals surface area contributed by atoms with Crippen LogP contribution >= 0.6 is 0 Å². The standard InChI is InChI=1S/C63H112O5/c1-3-5-7-9-11-13-15-17-19-21-23-24-25-26-27-28-29-30-31-32-33-34-35-36-37-38-40-41-43-45-47-49-51-53-55-57-62(65)67-60-61(59-64)68-63(66)58-56-54-52-50-48-46-44-42-39-22-20-18-16-14-12-10-8-6-4-2/h6,8,12,14,18,20-21,23,39,42,46,48,61,64H,3-5,7,9-11,13,15-17,19,22,24-38,40-41,43-45,47,49-60H2,1-2H3/b8-6-,14-12-,20-18-,23-21-,42-39-,48-46-. The summed E-state index contributed by atoms with van der Waals surface area (Å²) in [6, 6.07) is 0. The molecule has 0 aliphatic rings. The zero-order valence-corrected chi connectivity index (χ0v) is 45.1. The summed E-state index contributed by atoms with van der Waals surface area (Å²) >= 11 is 0. The minimum Gasteiger partial charge on any atom is -0.462 e. The number of ether oxygens (including phenoxy) is 2. The molecule has 0 rings (SSSR count). The second-order valence-corrected chi connectivity index (χ2v) is 19.7. The molecule has 1 atom stereocenters. The Hall–Kier alpha value is -2.66. The van der Waals surface area contributed by atoms with Gasteiger partial charge in [0.1, 0.15) is 6.61 Å². The lowest BCUT2D eigenvalue weighted by atomic mass is 10.0. The van der Waals surface area contributed by atoms with Gasteiger partial charge in [-0.15, -0.1) is 0 Å². The molecule has 0 saturated heterocycles. The van der Waals surface area contributed by atoms with E-state index in [1.54, 1.807) is 0 Å². The molecule has 0 aliphatic heterocycles. The number of rotatable bonds is 54. The van der Waals surface area contributed by atoms with Crippen LogP contribution in [0.2, 0.25) is 0 Å². The van der Waals surface area contributed by atoms with Gasteiger partial charge in [0.25, 0.3) is 0 Å². The molecule has 0 heterocycles. The van der Waals surface area contributed by atoms with Crippen LogP contribution in [0.4, 0.5) is 0 Å². The van der Waals surface area contributed by atoms with Crippen LogP contribution in [-0.4, -0.2) is 36.4 Å². The Morgan fingerprint density at radius 3 is 0.985 bits per heavy atom. The lowest BCUT2D eigenvalue weighted by Gasteiger charge is -2.15. The van der Waals surface area contributed by atoms with E-state index >= 15 is 0 Å². The van der Waals surface area contributed by atoms with Crippen molar-refractivity contribution in [1.82, 2.24) is 0 Å². The zero-order chi connectivity index (χ0) is 49.2. The third-order valence-electron chi connectivity index (χ3n) is 13.0. The molecule has 68 heavy (non-hydrogen) atoms. The highest BCUT2D eigenvalue weighted by molar-refractivity contribution is 5.70. The lowest BCUT2D eigenvalue weighted by Crippen LogP contribution is -2.28. The molecule has 1 N–H and O–H groups in total. The van der Waals surface area contributed by atoms with E-state index in [2.05, 4.69) is 86.8 Å². The van der Waals surface area contributed by atoms with E-state index in [0.29, 0.717) is 12.8 Å². The molecule has 0 aromatic heterocycles. The number of aliphatic hydroxyl groups is 1. The molecule has 0 aliphatic carbocycles. The molecule has 0 aromatic rings. The molecule has 0 fully saturated rings. The molecule has 0 aromatic carbocycles. The monoisotopic (exact) mass is 949 g/mol. The van der Waals surface area contributed by atoms with Crippen LogP contribution in [0, 0.1) is 0 Å². The topological polar surface area (TPSA) is 72.8 Å². The molecule has 0 radical (unpaired) electrons. The molecule has 0 bridgehead atoms. The zero-order valence-electron chi connectivity index (χ0n) is 45.1. The SMILES string of the molecule is CC/C=C\C/C=C\C/C=C\C/C=C\C/C=C\CCCCCC(=O)OC(CO)COC(=O)CCCCCCCCCCCCCCCCCCCCCCCCC/C=C\CCCCCCCCCC. The summed E-state index contributed by atoms with van der Waals surface area (Å²) in [4.78, 5) is 24.5. The van der Waals surface area contributed by atoms with Gasteiger partial charge in [-0.1, -0.05) is 273 Å². The van der Waals surface area contributed by atoms with E-state index in [1.165, 1.54) is 193 Å². The normalized spacial score (nSPS) is 12.7. The molecule has 394 valence electrons. The summed E-state index contributed by atoms with van der Waals surface area (Å²) in [5.74, 6) is -0.621. The summed E-state index contributed by atoms with van der Waals surface area (Å²) in [7, 11) is 0. The molecular formula is C63H112O5. The molecule has 0 spiro atoms. The molecular weight excluding hydrogens is 837 g/mol. The minimum absolute atomic E-state index is 0.0797. The average molecular weight is 950 g/mol. The molecule has 0 amide bonds. The summed E-state index contributed by atoms with van der Waals surface area (Å²) in [5, 5.41) is 9.64. The first-order valence-electron chi connectivity index (χ1n) is 29.5. The van der Waals surface area contributed by atoms with Crippen molar-refractivity contribution in [2.45, 2.75) is 302 Å². The number of carbonyl (C=O) groups excluding carboxylic acids is 2. The van der Waals surface area contributed by atoms with Crippen LogP contribution in [0.5, 0.6) is 0 Å². The third-order valence-corrected chi connectivity index (χ3v) is 13.0. The van der Waals surface area contributed by atoms with E-state index in [9.17, 15) is 14.7 Å². The van der Waals surface area contributed by atoms with Gasteiger partial charge in [0, 0.05) is 12.8 Å². The smallest absolute Gasteiger partial charge is 0.306 e. The van der Waals surface area contributed by atoms with E-state index < -0.39 is 6.10 Å². The number of esters is 2. The van der Waals surface area contributed by atoms with Gasteiger partial charge in [-0.2, -0.15) is 0 Å². The first kappa shape index (κ1) is 65.3. The van der Waals surface area contributed by atoms with Gasteiger partial charge in [0.15, 0.2) is 6.10 Å². The summed E-state index contributed by atoms with van der Waals surface area (Å²) in [6.07, 6.45) is 80.5. The van der Waals surface area contributed by atoms with Crippen molar-refractivity contribution in [2.75, 3.05) is 13.2 Å². The second-order valence-electron chi connectivity index (χ2n) is 19.7. The molecule has 5 heteroatoms. The van der Waals surface area contributed by atoms with Gasteiger partial charge < -0.3 is 14.6 Å². The maximum Gasteiger partial charge on any atom is 0.306 e. The Kier molecular flexibility index (Phi) is 56.4. The highest BCUT2D eigenvalue weighted by Gasteiger charge is 2.16. The predicted octanol–water partition coefficient (Wildman–Crippen LogP) is 20.0. The van der Waals surface area contributed by atoms with Crippen LogP contribution in [0.25, 0.3) is 0 Å². The van der Waals surface area contributed by atoms with Crippen LogP contribution in [0.3, 0.4) is 0 Å². The minimum atomic E-state index is -0.792. The molecule has 1 unspecified atom stereocenters. The fourth-order valence-corrected chi connectivity index (χ4v) is 8.58. The van der Waals surface area contributed by atoms with Gasteiger partial charge in [-0.25, -0.2) is 0 Å². The van der Waals surface area contributed by atoms with Gasteiger partial charge in [0.05, 0.1) is 6.61 Å². The number of hydrogen-bond acceptors (Lipinski definition) is 5. The van der Waals surface area contributed by atoms with Gasteiger partial charge in [-0.3, -0.25) is 9.59 Å². The van der Waals surface area contributed by atoms with Crippen LogP contribution in [-0.2, 0) is 19.1 Å². The number of hydrogen-bond donors (Lipinski definition) is 1. The first-order chi connectivity index (χ1) is 33.6. The number of allylic oxidation sites excluding steroid dienone is 12. The predicted molar refractivity (Wildman–Crippen MR) is 297 cm³/mol. The van der Waals surface area contributed by atoms with Crippen molar-refractivity contribution in [2.24, 2.45) is 0 Å². The van der Waals surface area contributed by atoms with E-state index in [-0.39, 0.29) is 25.2 Å². The molecule has 5 nitrogen and oxygen atoms in total. The highest BCUT2D eigenvalue weighted by Crippen LogP contribution is 2.17. The Bertz CT molecular complexity index is 1210. The maximum atomic E-state index is 12.3. The summed E-state index contributed by atoms with van der Waals surface area (Å²) < 4.78 is 10.7. The largest absolute Gasteiger partial charge is 0.462 e. The Balaban J connectivity index is 3.44. The van der Waals surface area contributed by atoms with Crippen molar-refractivity contribution in [1.29, 1.82) is 0 Å². The third kappa shape index (κ3) is 55.9. The van der Waals surface area contributed by atoms with Crippen LogP contribution in [0.1, 0.15) is 296 Å². The Morgan fingerprint density at radius 1 is 0.353 bits per heavy atom. The van der Waals surface area contributed by atoms with Gasteiger partial charge in [0.2, 0.25) is 0 Å². The maximum absolute atomic E-state index is 12.3. The van der Waals surface area contributed by atoms with Crippen LogP contribution in [0.15, 0.2) is 72.9 Å². The molecule has 0 saturated carbocycles. The number of unbranched alkanes of at least 4 members (excludes halogenated alkanes) is 34.